The first-order chi connectivity index (χ1) is 7.34. The Morgan fingerprint density at radius 3 is 2.67 bits per heavy atom. The molecule has 3 heteroatoms. The SMILES string of the molecule is Brc1cccc2c1[As]c1ccccc1N2. The topological polar surface area (TPSA) is 12.0 Å². The van der Waals surface area contributed by atoms with Crippen LogP contribution in [0.25, 0.3) is 0 Å². The molecule has 1 nitrogen and oxygen atoms in total. The van der Waals surface area contributed by atoms with Gasteiger partial charge in [0, 0.05) is 0 Å². The van der Waals surface area contributed by atoms with Gasteiger partial charge in [-0.3, -0.25) is 0 Å². The summed E-state index contributed by atoms with van der Waals surface area (Å²) in [5, 5.41) is 3.47. The third-order valence-corrected chi connectivity index (χ3v) is 6.52. The monoisotopic (exact) mass is 320 g/mol. The molecular weight excluding hydrogens is 313 g/mol. The summed E-state index contributed by atoms with van der Waals surface area (Å²) in [4.78, 5) is 0. The van der Waals surface area contributed by atoms with Crippen LogP contribution in [0.1, 0.15) is 0 Å². The second kappa shape index (κ2) is 3.69. The van der Waals surface area contributed by atoms with Crippen LogP contribution >= 0.6 is 15.9 Å². The van der Waals surface area contributed by atoms with Gasteiger partial charge in [0.1, 0.15) is 0 Å². The predicted octanol–water partition coefficient (Wildman–Crippen LogP) is 2.16. The molecule has 1 heterocycles. The number of nitrogens with one attached hydrogen (secondary N) is 1. The molecule has 73 valence electrons. The zero-order chi connectivity index (χ0) is 10.3. The zero-order valence-electron chi connectivity index (χ0n) is 7.87. The Balaban J connectivity index is 2.15. The third-order valence-electron chi connectivity index (χ3n) is 2.39. The van der Waals surface area contributed by atoms with Crippen molar-refractivity contribution in [3.8, 4) is 0 Å². The van der Waals surface area contributed by atoms with Gasteiger partial charge in [0.05, 0.1) is 0 Å². The molecule has 2 aromatic rings. The van der Waals surface area contributed by atoms with Gasteiger partial charge >= 0.3 is 104 Å². The number of para-hydroxylation sites is 1. The fraction of sp³-hybridized carbons (Fsp3) is 0. The summed E-state index contributed by atoms with van der Waals surface area (Å²) in [6, 6.07) is 14.9. The molecule has 0 bridgehead atoms. The van der Waals surface area contributed by atoms with Gasteiger partial charge in [0.2, 0.25) is 0 Å². The molecule has 1 aliphatic heterocycles. The van der Waals surface area contributed by atoms with Gasteiger partial charge in [-0.15, -0.1) is 0 Å². The number of anilines is 2. The molecule has 1 radical (unpaired) electrons. The molecule has 0 atom stereocenters. The van der Waals surface area contributed by atoms with Crippen molar-refractivity contribution in [2.45, 2.75) is 0 Å². The van der Waals surface area contributed by atoms with Crippen molar-refractivity contribution >= 4 is 51.8 Å². The Kier molecular flexibility index (Phi) is 2.34. The minimum absolute atomic E-state index is 0.100. The van der Waals surface area contributed by atoms with Gasteiger partial charge < -0.3 is 0 Å². The number of rotatable bonds is 0. The van der Waals surface area contributed by atoms with Gasteiger partial charge in [0.25, 0.3) is 0 Å². The molecule has 0 fully saturated rings. The Hall–Kier alpha value is -0.722. The van der Waals surface area contributed by atoms with Crippen LogP contribution < -0.4 is 14.0 Å². The van der Waals surface area contributed by atoms with Crippen LogP contribution in [0.3, 0.4) is 0 Å². The Morgan fingerprint density at radius 1 is 0.933 bits per heavy atom. The van der Waals surface area contributed by atoms with E-state index in [4.69, 9.17) is 0 Å². The summed E-state index contributed by atoms with van der Waals surface area (Å²) in [6.07, 6.45) is 0. The summed E-state index contributed by atoms with van der Waals surface area (Å²) in [5.41, 5.74) is 2.52. The molecule has 1 N–H and O–H groups in total. The van der Waals surface area contributed by atoms with Gasteiger partial charge in [-0.2, -0.15) is 0 Å². The van der Waals surface area contributed by atoms with Crippen LogP contribution in [0.2, 0.25) is 0 Å². The fourth-order valence-corrected chi connectivity index (χ4v) is 4.77. The predicted molar refractivity (Wildman–Crippen MR) is 68.9 cm³/mol. The van der Waals surface area contributed by atoms with E-state index in [-0.39, 0.29) is 15.8 Å². The molecule has 0 saturated carbocycles. The van der Waals surface area contributed by atoms with Crippen LogP contribution in [0.15, 0.2) is 46.9 Å². The maximum absolute atomic E-state index is 3.62. The molecule has 0 aromatic heterocycles. The van der Waals surface area contributed by atoms with Gasteiger partial charge in [0.15, 0.2) is 0 Å². The van der Waals surface area contributed by atoms with Crippen molar-refractivity contribution in [1.29, 1.82) is 0 Å². The molecule has 1 aliphatic rings. The summed E-state index contributed by atoms with van der Waals surface area (Å²) in [5.74, 6) is 0. The number of halogens is 1. The number of fused-ring (bicyclic) bond motifs is 2. The summed E-state index contributed by atoms with van der Waals surface area (Å²) in [6.45, 7) is 0. The first-order valence-electron chi connectivity index (χ1n) is 4.71. The maximum atomic E-state index is 3.62. The van der Waals surface area contributed by atoms with E-state index in [0.717, 1.165) is 0 Å². The van der Waals surface area contributed by atoms with Crippen LogP contribution in [0, 0.1) is 0 Å². The van der Waals surface area contributed by atoms with Gasteiger partial charge in [-0.05, 0) is 0 Å². The Bertz CT molecular complexity index is 525. The Morgan fingerprint density at radius 2 is 1.73 bits per heavy atom. The Labute approximate surface area is 104 Å². The van der Waals surface area contributed by atoms with Crippen molar-refractivity contribution in [3.05, 3.63) is 46.9 Å². The van der Waals surface area contributed by atoms with E-state index in [1.165, 1.54) is 24.5 Å². The average molecular weight is 321 g/mol. The third kappa shape index (κ3) is 1.62. The molecule has 0 spiro atoms. The molecule has 0 saturated heterocycles. The first kappa shape index (κ1) is 9.50. The van der Waals surface area contributed by atoms with Gasteiger partial charge in [-0.1, -0.05) is 0 Å². The van der Waals surface area contributed by atoms with E-state index >= 15 is 0 Å². The van der Waals surface area contributed by atoms with E-state index in [0.29, 0.717) is 0 Å². The molecule has 0 amide bonds. The van der Waals surface area contributed by atoms with E-state index in [1.54, 1.807) is 0 Å². The summed E-state index contributed by atoms with van der Waals surface area (Å²) >= 11 is 3.72. The van der Waals surface area contributed by atoms with E-state index in [9.17, 15) is 0 Å². The van der Waals surface area contributed by atoms with E-state index < -0.39 is 0 Å². The minimum atomic E-state index is 0.100. The van der Waals surface area contributed by atoms with Crippen LogP contribution in [0.4, 0.5) is 11.4 Å². The van der Waals surface area contributed by atoms with E-state index in [1.807, 2.05) is 0 Å². The second-order valence-electron chi connectivity index (χ2n) is 3.39. The molecule has 2 aromatic carbocycles. The van der Waals surface area contributed by atoms with Crippen molar-refractivity contribution < 1.29 is 0 Å². The summed E-state index contributed by atoms with van der Waals surface area (Å²) < 4.78 is 4.11. The van der Waals surface area contributed by atoms with Crippen LogP contribution in [-0.2, 0) is 0 Å². The van der Waals surface area contributed by atoms with Crippen molar-refractivity contribution in [2.24, 2.45) is 0 Å². The molecular formula is C12H8AsBrN. The molecule has 3 rings (SSSR count). The average Bonchev–Trinajstić information content (AvgIpc) is 2.27. The molecule has 0 aliphatic carbocycles. The van der Waals surface area contributed by atoms with Crippen molar-refractivity contribution in [3.63, 3.8) is 0 Å². The molecule has 0 unspecified atom stereocenters. The second-order valence-corrected chi connectivity index (χ2v) is 6.66. The quantitative estimate of drug-likeness (QED) is 0.626. The number of hydrogen-bond donors (Lipinski definition) is 1. The number of benzene rings is 2. The van der Waals surface area contributed by atoms with Crippen molar-refractivity contribution in [2.75, 3.05) is 5.32 Å². The van der Waals surface area contributed by atoms with Gasteiger partial charge in [-0.25, -0.2) is 0 Å². The zero-order valence-corrected chi connectivity index (χ0v) is 11.3. The standard InChI is InChI=1S/C12H8AsBrN/c14-9-5-3-7-11-12(9)13-8-4-1-2-6-10(8)15-11/h1-7,15H. The normalized spacial score (nSPS) is 14.2. The first-order valence-corrected chi connectivity index (χ1v) is 7.38. The summed E-state index contributed by atoms with van der Waals surface area (Å²) in [7, 11) is 0. The fourth-order valence-electron chi connectivity index (χ4n) is 1.67. The molecule has 15 heavy (non-hydrogen) atoms. The van der Waals surface area contributed by atoms with Crippen molar-refractivity contribution in [1.82, 2.24) is 0 Å². The van der Waals surface area contributed by atoms with Crippen LogP contribution in [-0.4, -0.2) is 15.8 Å². The van der Waals surface area contributed by atoms with E-state index in [2.05, 4.69) is 63.7 Å². The number of hydrogen-bond acceptors (Lipinski definition) is 1. The van der Waals surface area contributed by atoms with Crippen LogP contribution in [0.5, 0.6) is 0 Å².